The topological polar surface area (TPSA) is 112 Å². The number of fused-ring (bicyclic) bond motifs is 2. The van der Waals surface area contributed by atoms with Crippen molar-refractivity contribution in [1.29, 1.82) is 0 Å². The molecule has 49 heavy (non-hydrogen) atoms. The zero-order valence-electron chi connectivity index (χ0n) is 25.4. The molecule has 0 aliphatic carbocycles. The Hall–Kier alpha value is -3.64. The summed E-state index contributed by atoms with van der Waals surface area (Å²) in [6.45, 7) is -0.178. The average molecular weight is 933 g/mol. The second kappa shape index (κ2) is 14.3. The Morgan fingerprint density at radius 2 is 1.10 bits per heavy atom. The summed E-state index contributed by atoms with van der Waals surface area (Å²) in [5, 5.41) is 12.2. The molecule has 6 aromatic carbocycles. The van der Waals surface area contributed by atoms with Gasteiger partial charge in [-0.2, -0.15) is 0 Å². The number of aromatic carboxylic acids is 1. The van der Waals surface area contributed by atoms with Crippen LogP contribution < -0.4 is 4.31 Å². The van der Waals surface area contributed by atoms with E-state index in [2.05, 4.69) is 0 Å². The van der Waals surface area contributed by atoms with Crippen LogP contribution in [0.2, 0.25) is 0 Å². The number of hydrogen-bond acceptors (Lipinski definition) is 6. The first-order valence-corrected chi connectivity index (χ1v) is 20.2. The number of hydrogen-bond donors (Lipinski definition) is 1. The second-order valence-electron chi connectivity index (χ2n) is 11.0. The first kappa shape index (κ1) is 35.2. The van der Waals surface area contributed by atoms with E-state index in [0.29, 0.717) is 10.8 Å². The molecule has 0 unspecified atom stereocenters. The lowest BCUT2D eigenvalue weighted by molar-refractivity contribution is 0.0696. The van der Waals surface area contributed by atoms with Gasteiger partial charge in [-0.05, 0) is 127 Å². The molecule has 0 aromatic heterocycles. The number of sulfonamides is 2. The van der Waals surface area contributed by atoms with Crippen LogP contribution in [0.15, 0.2) is 137 Å². The maximum absolute atomic E-state index is 14.9. The maximum atomic E-state index is 14.9. The van der Waals surface area contributed by atoms with Crippen molar-refractivity contribution in [3.63, 3.8) is 0 Å². The molecule has 1 N–H and O–H groups in total. The van der Waals surface area contributed by atoms with Gasteiger partial charge < -0.3 is 5.11 Å². The number of nitrogens with zero attached hydrogens (tertiary/aromatic N) is 2. The predicted molar refractivity (Wildman–Crippen MR) is 213 cm³/mol. The summed E-state index contributed by atoms with van der Waals surface area (Å²) in [4.78, 5) is 11.7. The zero-order valence-corrected chi connectivity index (χ0v) is 32.2. The van der Waals surface area contributed by atoms with E-state index < -0.39 is 31.1 Å². The van der Waals surface area contributed by atoms with Crippen LogP contribution in [0.25, 0.3) is 21.5 Å². The number of rotatable bonds is 9. The zero-order chi connectivity index (χ0) is 34.9. The summed E-state index contributed by atoms with van der Waals surface area (Å²) in [5.41, 5.74) is 0.807. The van der Waals surface area contributed by atoms with Gasteiger partial charge in [0.1, 0.15) is 0 Å². The Kier molecular flexibility index (Phi) is 10.3. The Labute approximate surface area is 316 Å². The summed E-state index contributed by atoms with van der Waals surface area (Å²) in [6, 6.07) is 35.8. The molecule has 0 aliphatic heterocycles. The molecule has 0 amide bonds. The van der Waals surface area contributed by atoms with Crippen LogP contribution in [-0.2, 0) is 26.5 Å². The van der Waals surface area contributed by atoms with Crippen molar-refractivity contribution in [3.05, 3.63) is 146 Å². The van der Waals surface area contributed by atoms with Crippen molar-refractivity contribution >= 4 is 116 Å². The molecular formula is C36H26I2N2O6S3. The van der Waals surface area contributed by atoms with Gasteiger partial charge in [0.2, 0.25) is 5.11 Å². The molecule has 6 aromatic rings. The molecule has 0 radical (unpaired) electrons. The van der Waals surface area contributed by atoms with Gasteiger partial charge in [0.25, 0.3) is 20.0 Å². The van der Waals surface area contributed by atoms with Crippen LogP contribution in [0.4, 0.5) is 5.69 Å². The number of carboxylic acids is 1. The summed E-state index contributed by atoms with van der Waals surface area (Å²) in [6.07, 6.45) is 0.226. The monoisotopic (exact) mass is 932 g/mol. The standard InChI is InChI=1S/C36H26I2N2O6S3/c37-32-22-29(35(41)42)23-33(38)34(32)40(49(45,46)31-17-15-26-11-5-7-13-28(26)21-31)36(47)39(19-18-24-8-2-1-3-9-24)48(43,44)30-16-14-25-10-4-6-12-27(25)20-30/h1-17,20-23H,18-19H2,(H,41,42). The van der Waals surface area contributed by atoms with Crippen LogP contribution >= 0.6 is 57.4 Å². The van der Waals surface area contributed by atoms with Crippen LogP contribution in [0.1, 0.15) is 15.9 Å². The van der Waals surface area contributed by atoms with Gasteiger partial charge in [0.15, 0.2) is 0 Å². The Morgan fingerprint density at radius 3 is 1.61 bits per heavy atom. The van der Waals surface area contributed by atoms with Crippen LogP contribution in [-0.4, -0.2) is 43.9 Å². The highest BCUT2D eigenvalue weighted by molar-refractivity contribution is 14.1. The fraction of sp³-hybridized carbons (Fsp3) is 0.0556. The summed E-state index contributed by atoms with van der Waals surface area (Å²) < 4.78 is 61.3. The number of benzene rings is 6. The van der Waals surface area contributed by atoms with Crippen molar-refractivity contribution in [2.75, 3.05) is 10.8 Å². The molecule has 0 aliphatic rings. The molecular weight excluding hydrogens is 906 g/mol. The molecule has 0 bridgehead atoms. The SMILES string of the molecule is O=C(O)c1cc(I)c(N(C(=S)N(CCc2ccccc2)S(=O)(=O)c2ccc3ccccc3c2)S(=O)(=O)c2ccc3ccccc3c2)c(I)c1. The van der Waals surface area contributed by atoms with Gasteiger partial charge in [-0.25, -0.2) is 30.2 Å². The highest BCUT2D eigenvalue weighted by Crippen LogP contribution is 2.37. The van der Waals surface area contributed by atoms with E-state index in [1.807, 2.05) is 99.8 Å². The molecule has 0 saturated carbocycles. The average Bonchev–Trinajstić information content (AvgIpc) is 3.09. The van der Waals surface area contributed by atoms with E-state index >= 15 is 0 Å². The number of anilines is 1. The number of halogens is 2. The minimum absolute atomic E-state index is 0.0442. The highest BCUT2D eigenvalue weighted by Gasteiger charge is 2.39. The Balaban J connectivity index is 1.56. The number of carboxylic acid groups (broad SMARTS) is 1. The van der Waals surface area contributed by atoms with E-state index in [-0.39, 0.29) is 41.1 Å². The number of thiocarbonyl (C=S) groups is 1. The second-order valence-corrected chi connectivity index (χ2v) is 17.3. The van der Waals surface area contributed by atoms with Crippen molar-refractivity contribution in [3.8, 4) is 0 Å². The molecule has 13 heteroatoms. The van der Waals surface area contributed by atoms with Crippen molar-refractivity contribution < 1.29 is 26.7 Å². The first-order valence-electron chi connectivity index (χ1n) is 14.7. The summed E-state index contributed by atoms with van der Waals surface area (Å²) in [5.74, 6) is -1.20. The van der Waals surface area contributed by atoms with Crippen molar-refractivity contribution in [2.24, 2.45) is 0 Å². The van der Waals surface area contributed by atoms with E-state index in [9.17, 15) is 26.7 Å². The third kappa shape index (κ3) is 7.17. The molecule has 0 saturated heterocycles. The molecule has 0 heterocycles. The van der Waals surface area contributed by atoms with Gasteiger partial charge in [0, 0.05) is 13.7 Å². The fourth-order valence-corrected chi connectivity index (χ4v) is 11.6. The summed E-state index contributed by atoms with van der Waals surface area (Å²) >= 11 is 9.68. The van der Waals surface area contributed by atoms with Crippen LogP contribution in [0.3, 0.4) is 0 Å². The summed E-state index contributed by atoms with van der Waals surface area (Å²) in [7, 11) is -9.05. The van der Waals surface area contributed by atoms with Crippen LogP contribution in [0, 0.1) is 7.14 Å². The Morgan fingerprint density at radius 1 is 0.633 bits per heavy atom. The normalized spacial score (nSPS) is 11.8. The molecule has 248 valence electrons. The van der Waals surface area contributed by atoms with Gasteiger partial charge in [-0.3, -0.25) is 0 Å². The first-order chi connectivity index (χ1) is 23.4. The minimum Gasteiger partial charge on any atom is -0.478 e. The lowest BCUT2D eigenvalue weighted by atomic mass is 10.1. The van der Waals surface area contributed by atoms with Gasteiger partial charge >= 0.3 is 5.97 Å². The molecule has 0 spiro atoms. The van der Waals surface area contributed by atoms with E-state index in [4.69, 9.17) is 12.2 Å². The lowest BCUT2D eigenvalue weighted by Gasteiger charge is -2.33. The molecule has 0 atom stereocenters. The van der Waals surface area contributed by atoms with Crippen LogP contribution in [0.5, 0.6) is 0 Å². The third-order valence-corrected chi connectivity index (χ3v) is 13.6. The van der Waals surface area contributed by atoms with Gasteiger partial charge in [-0.15, -0.1) is 0 Å². The smallest absolute Gasteiger partial charge is 0.335 e. The van der Waals surface area contributed by atoms with Gasteiger partial charge in [0.05, 0.1) is 21.0 Å². The molecule has 0 fully saturated rings. The minimum atomic E-state index is -4.60. The van der Waals surface area contributed by atoms with E-state index in [0.717, 1.165) is 24.9 Å². The lowest BCUT2D eigenvalue weighted by Crippen LogP contribution is -2.50. The largest absolute Gasteiger partial charge is 0.478 e. The molecule has 6 rings (SSSR count). The Bertz CT molecular complexity index is 2450. The third-order valence-electron chi connectivity index (χ3n) is 7.87. The fourth-order valence-electron chi connectivity index (χ4n) is 5.39. The van der Waals surface area contributed by atoms with Crippen molar-refractivity contribution in [2.45, 2.75) is 16.2 Å². The highest BCUT2D eigenvalue weighted by atomic mass is 127. The van der Waals surface area contributed by atoms with E-state index in [1.54, 1.807) is 42.5 Å². The van der Waals surface area contributed by atoms with Crippen molar-refractivity contribution in [1.82, 2.24) is 4.31 Å². The maximum Gasteiger partial charge on any atom is 0.335 e. The predicted octanol–water partition coefficient (Wildman–Crippen LogP) is 8.31. The molecule has 8 nitrogen and oxygen atoms in total. The number of carbonyl (C=O) groups is 1. The quantitative estimate of drug-likeness (QED) is 0.115. The van der Waals surface area contributed by atoms with E-state index in [1.165, 1.54) is 30.3 Å². The van der Waals surface area contributed by atoms with Gasteiger partial charge in [-0.1, -0.05) is 91.0 Å².